The number of hydrogen-bond donors (Lipinski definition) is 3. The quantitative estimate of drug-likeness (QED) is 0.789. The Bertz CT molecular complexity index is 740. The van der Waals surface area contributed by atoms with Crippen molar-refractivity contribution in [1.29, 1.82) is 0 Å². The lowest BCUT2D eigenvalue weighted by molar-refractivity contribution is -0.0443. The number of hydrogen-bond acceptors (Lipinski definition) is 6. The molecule has 9 heteroatoms. The summed E-state index contributed by atoms with van der Waals surface area (Å²) >= 11 is 0.993. The maximum atomic E-state index is 13.2. The van der Waals surface area contributed by atoms with Gasteiger partial charge in [-0.05, 0) is 18.8 Å². The number of anilines is 2. The zero-order valence-electron chi connectivity index (χ0n) is 12.2. The molecule has 4 N–H and O–H groups in total. The second-order valence-corrected chi connectivity index (χ2v) is 6.73. The summed E-state index contributed by atoms with van der Waals surface area (Å²) in [5.74, 6) is -3.06. The van der Waals surface area contributed by atoms with Gasteiger partial charge in [0, 0.05) is 19.4 Å². The Morgan fingerprint density at radius 3 is 2.78 bits per heavy atom. The van der Waals surface area contributed by atoms with E-state index >= 15 is 0 Å². The van der Waals surface area contributed by atoms with Crippen molar-refractivity contribution in [3.8, 4) is 0 Å². The van der Waals surface area contributed by atoms with Crippen LogP contribution < -0.4 is 11.1 Å². The third-order valence-corrected chi connectivity index (χ3v) is 5.22. The Kier molecular flexibility index (Phi) is 4.05. The zero-order valence-corrected chi connectivity index (χ0v) is 13.0. The van der Waals surface area contributed by atoms with Crippen LogP contribution in [0, 0.1) is 5.92 Å². The Morgan fingerprint density at radius 1 is 1.43 bits per heavy atom. The standard InChI is InChI=1S/C14H16F2N4O2S/c15-14(16)3-1-7(2-4-14)5-18-11-8-9(17)10(13(21)22)23-12(8)20-6-19-11/h6-7H,1-5,17H2,(H,21,22)(H,18,19,20). The highest BCUT2D eigenvalue weighted by Crippen LogP contribution is 2.38. The van der Waals surface area contributed by atoms with Gasteiger partial charge in [0.1, 0.15) is 21.9 Å². The number of aromatic nitrogens is 2. The molecule has 0 aromatic carbocycles. The summed E-state index contributed by atoms with van der Waals surface area (Å²) in [6.45, 7) is 0.500. The van der Waals surface area contributed by atoms with Crippen molar-refractivity contribution in [3.63, 3.8) is 0 Å². The molecule has 1 saturated carbocycles. The number of nitrogens with one attached hydrogen (secondary N) is 1. The van der Waals surface area contributed by atoms with E-state index < -0.39 is 11.9 Å². The van der Waals surface area contributed by atoms with Crippen LogP contribution >= 0.6 is 11.3 Å². The zero-order chi connectivity index (χ0) is 16.6. The molecule has 2 heterocycles. The number of nitrogen functional groups attached to an aromatic ring is 1. The first-order valence-corrected chi connectivity index (χ1v) is 8.07. The highest BCUT2D eigenvalue weighted by molar-refractivity contribution is 7.21. The van der Waals surface area contributed by atoms with E-state index in [4.69, 9.17) is 10.8 Å². The normalized spacial score (nSPS) is 18.2. The number of aromatic carboxylic acids is 1. The Labute approximate surface area is 134 Å². The summed E-state index contributed by atoms with van der Waals surface area (Å²) in [5, 5.41) is 12.7. The fourth-order valence-corrected chi connectivity index (χ4v) is 3.69. The number of carboxylic acids is 1. The number of carbonyl (C=O) groups is 1. The first-order chi connectivity index (χ1) is 10.9. The van der Waals surface area contributed by atoms with Crippen LogP contribution in [0.4, 0.5) is 20.3 Å². The second-order valence-electron chi connectivity index (χ2n) is 5.73. The molecule has 6 nitrogen and oxygen atoms in total. The molecule has 124 valence electrons. The molecule has 0 radical (unpaired) electrons. The molecular formula is C14H16F2N4O2S. The van der Waals surface area contributed by atoms with Gasteiger partial charge in [0.25, 0.3) is 0 Å². The molecule has 1 aliphatic carbocycles. The van der Waals surface area contributed by atoms with Gasteiger partial charge in [0.2, 0.25) is 5.92 Å². The second kappa shape index (κ2) is 5.88. The molecule has 0 atom stereocenters. The molecule has 23 heavy (non-hydrogen) atoms. The summed E-state index contributed by atoms with van der Waals surface area (Å²) in [7, 11) is 0. The highest BCUT2D eigenvalue weighted by atomic mass is 32.1. The number of nitrogens with zero attached hydrogens (tertiary/aromatic N) is 2. The Morgan fingerprint density at radius 2 is 2.13 bits per heavy atom. The smallest absolute Gasteiger partial charge is 0.348 e. The van der Waals surface area contributed by atoms with Crippen LogP contribution in [0.5, 0.6) is 0 Å². The number of halogens is 2. The highest BCUT2D eigenvalue weighted by Gasteiger charge is 2.34. The van der Waals surface area contributed by atoms with Crippen LogP contribution in [-0.2, 0) is 0 Å². The van der Waals surface area contributed by atoms with Crippen molar-refractivity contribution < 1.29 is 18.7 Å². The maximum Gasteiger partial charge on any atom is 0.348 e. The van der Waals surface area contributed by atoms with Crippen LogP contribution in [0.2, 0.25) is 0 Å². The lowest BCUT2D eigenvalue weighted by atomic mass is 9.87. The monoisotopic (exact) mass is 342 g/mol. The number of thiophene rings is 1. The number of rotatable bonds is 4. The summed E-state index contributed by atoms with van der Waals surface area (Å²) < 4.78 is 26.3. The van der Waals surface area contributed by atoms with Gasteiger partial charge in [-0.3, -0.25) is 0 Å². The van der Waals surface area contributed by atoms with E-state index in [0.717, 1.165) is 11.3 Å². The van der Waals surface area contributed by atoms with E-state index in [1.807, 2.05) is 0 Å². The van der Waals surface area contributed by atoms with Crippen molar-refractivity contribution in [3.05, 3.63) is 11.2 Å². The molecule has 0 spiro atoms. The van der Waals surface area contributed by atoms with Gasteiger partial charge in [0.15, 0.2) is 0 Å². The summed E-state index contributed by atoms with van der Waals surface area (Å²) in [6.07, 6.45) is 2.05. The minimum absolute atomic E-state index is 0.0286. The first kappa shape index (κ1) is 15.9. The predicted molar refractivity (Wildman–Crippen MR) is 84.2 cm³/mol. The molecule has 0 amide bonds. The molecule has 1 fully saturated rings. The molecule has 0 aliphatic heterocycles. The number of fused-ring (bicyclic) bond motifs is 1. The summed E-state index contributed by atoms with van der Waals surface area (Å²) in [5.41, 5.74) is 6.03. The van der Waals surface area contributed by atoms with Crippen LogP contribution in [0.1, 0.15) is 35.4 Å². The largest absolute Gasteiger partial charge is 0.477 e. The average Bonchev–Trinajstić information content (AvgIpc) is 2.84. The van der Waals surface area contributed by atoms with Crippen LogP contribution in [-0.4, -0.2) is 33.5 Å². The Hall–Kier alpha value is -2.03. The fraction of sp³-hybridized carbons (Fsp3) is 0.500. The van der Waals surface area contributed by atoms with Crippen LogP contribution in [0.15, 0.2) is 6.33 Å². The SMILES string of the molecule is Nc1c(C(=O)O)sc2ncnc(NCC3CCC(F)(F)CC3)c12. The van der Waals surface area contributed by atoms with Gasteiger partial charge in [0.05, 0.1) is 11.1 Å². The van der Waals surface area contributed by atoms with Crippen molar-refractivity contribution in [2.24, 2.45) is 5.92 Å². The minimum Gasteiger partial charge on any atom is -0.477 e. The van der Waals surface area contributed by atoms with Crippen LogP contribution in [0.25, 0.3) is 10.2 Å². The molecule has 2 aromatic heterocycles. The molecular weight excluding hydrogens is 326 g/mol. The van der Waals surface area contributed by atoms with Gasteiger partial charge >= 0.3 is 5.97 Å². The lowest BCUT2D eigenvalue weighted by Crippen LogP contribution is -2.28. The van der Waals surface area contributed by atoms with Gasteiger partial charge in [-0.2, -0.15) is 0 Å². The van der Waals surface area contributed by atoms with Crippen LogP contribution in [0.3, 0.4) is 0 Å². The predicted octanol–water partition coefficient (Wildman–Crippen LogP) is 3.21. The minimum atomic E-state index is -2.55. The van der Waals surface area contributed by atoms with E-state index in [1.165, 1.54) is 6.33 Å². The summed E-state index contributed by atoms with van der Waals surface area (Å²) in [6, 6.07) is 0. The van der Waals surface area contributed by atoms with E-state index in [0.29, 0.717) is 35.4 Å². The van der Waals surface area contributed by atoms with Gasteiger partial charge in [-0.15, -0.1) is 11.3 Å². The van der Waals surface area contributed by atoms with Gasteiger partial charge in [-0.25, -0.2) is 23.5 Å². The topological polar surface area (TPSA) is 101 Å². The molecule has 2 aromatic rings. The fourth-order valence-electron chi connectivity index (χ4n) is 2.79. The van der Waals surface area contributed by atoms with E-state index in [2.05, 4.69) is 15.3 Å². The van der Waals surface area contributed by atoms with Crippen molar-refractivity contribution in [2.75, 3.05) is 17.6 Å². The van der Waals surface area contributed by atoms with E-state index in [9.17, 15) is 13.6 Å². The first-order valence-electron chi connectivity index (χ1n) is 7.25. The van der Waals surface area contributed by atoms with E-state index in [-0.39, 0.29) is 29.3 Å². The third-order valence-electron chi connectivity index (χ3n) is 4.11. The molecule has 1 aliphatic rings. The maximum absolute atomic E-state index is 13.2. The van der Waals surface area contributed by atoms with Gasteiger partial charge < -0.3 is 16.2 Å². The van der Waals surface area contributed by atoms with Crippen molar-refractivity contribution in [2.45, 2.75) is 31.6 Å². The molecule has 0 bridgehead atoms. The Balaban J connectivity index is 1.77. The molecule has 3 rings (SSSR count). The number of alkyl halides is 2. The molecule has 0 saturated heterocycles. The molecule has 0 unspecified atom stereocenters. The lowest BCUT2D eigenvalue weighted by Gasteiger charge is -2.28. The van der Waals surface area contributed by atoms with Crippen molar-refractivity contribution in [1.82, 2.24) is 9.97 Å². The summed E-state index contributed by atoms with van der Waals surface area (Å²) in [4.78, 5) is 19.8. The average molecular weight is 342 g/mol. The third kappa shape index (κ3) is 3.19. The van der Waals surface area contributed by atoms with Gasteiger partial charge in [-0.1, -0.05) is 0 Å². The van der Waals surface area contributed by atoms with E-state index in [1.54, 1.807) is 0 Å². The van der Waals surface area contributed by atoms with Crippen molar-refractivity contribution >= 4 is 39.0 Å². The number of carboxylic acid groups (broad SMARTS) is 1. The number of nitrogens with two attached hydrogens (primary N) is 1.